The molecular formula is C17H20FN3O3. The molecule has 1 amide bonds. The fourth-order valence-corrected chi connectivity index (χ4v) is 2.41. The quantitative estimate of drug-likeness (QED) is 0.851. The lowest BCUT2D eigenvalue weighted by molar-refractivity contribution is -0.137. The summed E-state index contributed by atoms with van der Waals surface area (Å²) >= 11 is 0. The molecule has 1 aromatic carbocycles. The molecule has 6 nitrogen and oxygen atoms in total. The Labute approximate surface area is 139 Å². The van der Waals surface area contributed by atoms with Crippen LogP contribution in [0.3, 0.4) is 0 Å². The average Bonchev–Trinajstić information content (AvgIpc) is 2.83. The molecule has 0 aliphatic carbocycles. The van der Waals surface area contributed by atoms with E-state index in [0.717, 1.165) is 17.5 Å². The molecule has 2 aromatic rings. The summed E-state index contributed by atoms with van der Waals surface area (Å²) in [5, 5.41) is 15.5. The normalized spacial score (nSPS) is 12.0. The number of amides is 1. The summed E-state index contributed by atoms with van der Waals surface area (Å²) in [5.74, 6) is -1.91. The second kappa shape index (κ2) is 7.25. The van der Waals surface area contributed by atoms with Crippen LogP contribution in [0.4, 0.5) is 4.39 Å². The monoisotopic (exact) mass is 333 g/mol. The van der Waals surface area contributed by atoms with E-state index in [0.29, 0.717) is 6.42 Å². The lowest BCUT2D eigenvalue weighted by Gasteiger charge is -2.13. The molecule has 0 aliphatic rings. The van der Waals surface area contributed by atoms with Crippen LogP contribution in [0.15, 0.2) is 24.3 Å². The maximum Gasteiger partial charge on any atom is 0.303 e. The van der Waals surface area contributed by atoms with Crippen LogP contribution in [0, 0.1) is 19.7 Å². The largest absolute Gasteiger partial charge is 0.481 e. The van der Waals surface area contributed by atoms with Gasteiger partial charge in [-0.15, -0.1) is 0 Å². The molecule has 7 heteroatoms. The zero-order chi connectivity index (χ0) is 17.9. The van der Waals surface area contributed by atoms with E-state index in [1.807, 2.05) is 19.9 Å². The lowest BCUT2D eigenvalue weighted by atomic mass is 10.1. The molecular weight excluding hydrogens is 313 g/mol. The summed E-state index contributed by atoms with van der Waals surface area (Å²) < 4.78 is 15.8. The summed E-state index contributed by atoms with van der Waals surface area (Å²) in [6, 6.07) is 5.71. The van der Waals surface area contributed by atoms with Gasteiger partial charge in [-0.2, -0.15) is 5.10 Å². The molecule has 2 rings (SSSR count). The van der Waals surface area contributed by atoms with E-state index in [2.05, 4.69) is 10.4 Å². The molecule has 1 aromatic heterocycles. The van der Waals surface area contributed by atoms with Crippen molar-refractivity contribution in [3.05, 3.63) is 47.0 Å². The van der Waals surface area contributed by atoms with Crippen LogP contribution in [0.1, 0.15) is 41.5 Å². The minimum absolute atomic E-state index is 0.0350. The minimum atomic E-state index is -0.920. The number of aryl methyl sites for hydroxylation is 2. The summed E-state index contributed by atoms with van der Waals surface area (Å²) in [6.45, 7) is 5.35. The third kappa shape index (κ3) is 4.18. The van der Waals surface area contributed by atoms with Gasteiger partial charge < -0.3 is 10.4 Å². The van der Waals surface area contributed by atoms with E-state index < -0.39 is 17.7 Å². The Morgan fingerprint density at radius 2 is 2.04 bits per heavy atom. The molecule has 0 radical (unpaired) electrons. The van der Waals surface area contributed by atoms with Crippen molar-refractivity contribution < 1.29 is 19.1 Å². The smallest absolute Gasteiger partial charge is 0.303 e. The fraction of sp³-hybridized carbons (Fsp3) is 0.353. The van der Waals surface area contributed by atoms with Crippen molar-refractivity contribution in [3.63, 3.8) is 0 Å². The Balaban J connectivity index is 2.13. The Bertz CT molecular complexity index is 770. The number of hydrogen-bond donors (Lipinski definition) is 2. The van der Waals surface area contributed by atoms with Crippen molar-refractivity contribution in [1.29, 1.82) is 0 Å². The highest BCUT2D eigenvalue weighted by molar-refractivity contribution is 5.94. The van der Waals surface area contributed by atoms with Gasteiger partial charge in [0.15, 0.2) is 0 Å². The molecule has 0 fully saturated rings. The van der Waals surface area contributed by atoms with Gasteiger partial charge >= 0.3 is 5.97 Å². The van der Waals surface area contributed by atoms with E-state index >= 15 is 0 Å². The first-order valence-electron chi connectivity index (χ1n) is 7.63. The second-order valence-corrected chi connectivity index (χ2v) is 5.81. The number of nitrogens with one attached hydrogen (secondary N) is 1. The highest BCUT2D eigenvalue weighted by atomic mass is 19.1. The van der Waals surface area contributed by atoms with E-state index in [9.17, 15) is 14.0 Å². The van der Waals surface area contributed by atoms with Gasteiger partial charge in [0.1, 0.15) is 11.5 Å². The highest BCUT2D eigenvalue weighted by Crippen LogP contribution is 2.17. The molecule has 1 heterocycles. The van der Waals surface area contributed by atoms with Gasteiger partial charge in [-0.1, -0.05) is 0 Å². The number of benzene rings is 1. The molecule has 0 spiro atoms. The number of aromatic nitrogens is 2. The van der Waals surface area contributed by atoms with Gasteiger partial charge in [0.05, 0.1) is 5.69 Å². The Kier molecular flexibility index (Phi) is 5.33. The SMILES string of the molecule is Cc1cc(C)n(-c2ccc(C(=O)NC(C)CCC(=O)O)cc2F)n1. The van der Waals surface area contributed by atoms with Crippen LogP contribution in [0.25, 0.3) is 5.69 Å². The molecule has 2 N–H and O–H groups in total. The van der Waals surface area contributed by atoms with Crippen molar-refractivity contribution in [2.24, 2.45) is 0 Å². The molecule has 0 bridgehead atoms. The number of carboxylic acid groups (broad SMARTS) is 1. The number of carbonyl (C=O) groups is 2. The van der Waals surface area contributed by atoms with Gasteiger partial charge in [0.25, 0.3) is 5.91 Å². The number of carbonyl (C=O) groups excluding carboxylic acids is 1. The Morgan fingerprint density at radius 3 is 2.58 bits per heavy atom. The van der Waals surface area contributed by atoms with Gasteiger partial charge in [0, 0.05) is 23.7 Å². The first-order valence-corrected chi connectivity index (χ1v) is 7.63. The van der Waals surface area contributed by atoms with Gasteiger partial charge in [-0.25, -0.2) is 9.07 Å². The number of hydrogen-bond acceptors (Lipinski definition) is 3. The van der Waals surface area contributed by atoms with E-state index in [1.54, 1.807) is 6.92 Å². The maximum absolute atomic E-state index is 14.4. The molecule has 1 atom stereocenters. The van der Waals surface area contributed by atoms with Gasteiger partial charge in [-0.05, 0) is 51.5 Å². The van der Waals surface area contributed by atoms with Crippen LogP contribution in [0.5, 0.6) is 0 Å². The van der Waals surface area contributed by atoms with Crippen molar-refractivity contribution >= 4 is 11.9 Å². The second-order valence-electron chi connectivity index (χ2n) is 5.81. The molecule has 0 aliphatic heterocycles. The number of rotatable bonds is 6. The topological polar surface area (TPSA) is 84.2 Å². The summed E-state index contributed by atoms with van der Waals surface area (Å²) in [4.78, 5) is 22.7. The first-order chi connectivity index (χ1) is 11.3. The predicted octanol–water partition coefficient (Wildman–Crippen LogP) is 2.61. The van der Waals surface area contributed by atoms with Crippen molar-refractivity contribution in [1.82, 2.24) is 15.1 Å². The van der Waals surface area contributed by atoms with Crippen molar-refractivity contribution in [2.75, 3.05) is 0 Å². The van der Waals surface area contributed by atoms with Crippen molar-refractivity contribution in [3.8, 4) is 5.69 Å². The number of halogens is 1. The third-order valence-corrected chi connectivity index (χ3v) is 3.62. The van der Waals surface area contributed by atoms with Crippen LogP contribution in [-0.2, 0) is 4.79 Å². The summed E-state index contributed by atoms with van der Waals surface area (Å²) in [6.07, 6.45) is 0.278. The van der Waals surface area contributed by atoms with E-state index in [1.165, 1.54) is 16.8 Å². The zero-order valence-corrected chi connectivity index (χ0v) is 13.8. The maximum atomic E-state index is 14.4. The Morgan fingerprint density at radius 1 is 1.33 bits per heavy atom. The van der Waals surface area contributed by atoms with Gasteiger partial charge in [0.2, 0.25) is 0 Å². The minimum Gasteiger partial charge on any atom is -0.481 e. The van der Waals surface area contributed by atoms with E-state index in [-0.39, 0.29) is 23.7 Å². The zero-order valence-electron chi connectivity index (χ0n) is 13.8. The number of carboxylic acids is 1. The lowest BCUT2D eigenvalue weighted by Crippen LogP contribution is -2.33. The van der Waals surface area contributed by atoms with Crippen LogP contribution in [-0.4, -0.2) is 32.8 Å². The van der Waals surface area contributed by atoms with Crippen LogP contribution in [0.2, 0.25) is 0 Å². The van der Waals surface area contributed by atoms with E-state index in [4.69, 9.17) is 5.11 Å². The fourth-order valence-electron chi connectivity index (χ4n) is 2.41. The van der Waals surface area contributed by atoms with Crippen molar-refractivity contribution in [2.45, 2.75) is 39.7 Å². The third-order valence-electron chi connectivity index (χ3n) is 3.62. The van der Waals surface area contributed by atoms with Crippen LogP contribution >= 0.6 is 0 Å². The Hall–Kier alpha value is -2.70. The number of nitrogens with zero attached hydrogens (tertiary/aromatic N) is 2. The molecule has 1 unspecified atom stereocenters. The average molecular weight is 333 g/mol. The molecule has 0 saturated carbocycles. The first kappa shape index (κ1) is 17.7. The molecule has 0 saturated heterocycles. The predicted molar refractivity (Wildman–Crippen MR) is 86.8 cm³/mol. The highest BCUT2D eigenvalue weighted by Gasteiger charge is 2.15. The summed E-state index contributed by atoms with van der Waals surface area (Å²) in [7, 11) is 0. The van der Waals surface area contributed by atoms with Gasteiger partial charge in [-0.3, -0.25) is 9.59 Å². The summed E-state index contributed by atoms with van der Waals surface area (Å²) in [5.41, 5.74) is 2.03. The molecule has 24 heavy (non-hydrogen) atoms. The molecule has 128 valence electrons. The van der Waals surface area contributed by atoms with Crippen LogP contribution < -0.4 is 5.32 Å². The standard InChI is InChI=1S/C17H20FN3O3/c1-10(4-7-16(22)23)19-17(24)13-5-6-15(14(18)9-13)21-12(3)8-11(2)20-21/h5-6,8-10H,4,7H2,1-3H3,(H,19,24)(H,22,23). The number of aliphatic carboxylic acids is 1.